The number of nitrogens with two attached hydrogens (primary N) is 1. The number of aliphatic hydroxyl groups excluding tert-OH is 1. The van der Waals surface area contributed by atoms with Crippen molar-refractivity contribution >= 4 is 31.2 Å². The number of hydrogen-bond acceptors (Lipinski definition) is 6. The highest BCUT2D eigenvalue weighted by atomic mass is 31.2. The van der Waals surface area contributed by atoms with E-state index in [1.807, 2.05) is 30.3 Å². The fourth-order valence-electron chi connectivity index (χ4n) is 4.44. The van der Waals surface area contributed by atoms with Gasteiger partial charge in [0, 0.05) is 0 Å². The molecule has 0 spiro atoms. The molecule has 3 aromatic rings. The number of carbonyl (C=O) groups is 3. The van der Waals surface area contributed by atoms with Gasteiger partial charge in [-0.25, -0.2) is 4.39 Å². The number of nitrogens with one attached hydrogen (secondary N) is 3. The van der Waals surface area contributed by atoms with Crippen molar-refractivity contribution in [2.24, 2.45) is 5.73 Å². The summed E-state index contributed by atoms with van der Waals surface area (Å²) in [6.07, 6.45) is 1.34. The van der Waals surface area contributed by atoms with Gasteiger partial charge < -0.3 is 26.4 Å². The van der Waals surface area contributed by atoms with E-state index in [4.69, 9.17) is 5.73 Å². The molecule has 0 aliphatic rings. The predicted molar refractivity (Wildman–Crippen MR) is 167 cm³/mol. The van der Waals surface area contributed by atoms with Crippen molar-refractivity contribution in [1.29, 1.82) is 0 Å². The zero-order valence-electron chi connectivity index (χ0n) is 24.3. The van der Waals surface area contributed by atoms with E-state index in [0.29, 0.717) is 5.56 Å². The normalized spacial score (nSPS) is 15.5. The molecule has 3 aromatic carbocycles. The summed E-state index contributed by atoms with van der Waals surface area (Å²) in [6, 6.07) is 21.0. The van der Waals surface area contributed by atoms with Crippen molar-refractivity contribution < 1.29 is 33.3 Å². The van der Waals surface area contributed by atoms with E-state index in [1.54, 1.807) is 49.4 Å². The Morgan fingerprint density at radius 1 is 0.955 bits per heavy atom. The molecule has 0 heterocycles. The Kier molecular flexibility index (Phi) is 13.0. The number of primary amides is 1. The first-order valence-corrected chi connectivity index (χ1v) is 16.1. The lowest BCUT2D eigenvalue weighted by Gasteiger charge is -2.28. The average Bonchev–Trinajstić information content (AvgIpc) is 2.99. The molecule has 7 N–H and O–H groups in total. The zero-order chi connectivity index (χ0) is 32.1. The molecule has 3 rings (SSSR count). The molecule has 0 bridgehead atoms. The topological polar surface area (TPSA) is 171 Å². The third-order valence-electron chi connectivity index (χ3n) is 6.85. The Labute approximate surface area is 256 Å². The summed E-state index contributed by atoms with van der Waals surface area (Å²) in [6.45, 7) is 1.63. The van der Waals surface area contributed by atoms with Gasteiger partial charge in [-0.05, 0) is 48.1 Å². The first-order valence-electron chi connectivity index (χ1n) is 14.1. The van der Waals surface area contributed by atoms with E-state index in [9.17, 15) is 33.3 Å². The summed E-state index contributed by atoms with van der Waals surface area (Å²) >= 11 is 0. The van der Waals surface area contributed by atoms with Crippen LogP contribution in [-0.4, -0.2) is 51.7 Å². The van der Waals surface area contributed by atoms with Crippen LogP contribution in [0.1, 0.15) is 42.7 Å². The van der Waals surface area contributed by atoms with Crippen molar-refractivity contribution in [3.63, 3.8) is 0 Å². The molecule has 10 nitrogen and oxygen atoms in total. The van der Waals surface area contributed by atoms with Crippen molar-refractivity contribution in [1.82, 2.24) is 16.0 Å². The highest BCUT2D eigenvalue weighted by Crippen LogP contribution is 2.46. The molecule has 3 amide bonds. The highest BCUT2D eigenvalue weighted by Gasteiger charge is 2.36. The molecule has 0 radical (unpaired) electrons. The summed E-state index contributed by atoms with van der Waals surface area (Å²) in [4.78, 5) is 49.0. The Morgan fingerprint density at radius 3 is 2.23 bits per heavy atom. The van der Waals surface area contributed by atoms with E-state index >= 15 is 0 Å². The maximum Gasteiger partial charge on any atom is 0.243 e. The van der Waals surface area contributed by atoms with Crippen LogP contribution in [0, 0.1) is 5.82 Å². The Balaban J connectivity index is 1.67. The molecular weight excluding hydrogens is 586 g/mol. The molecule has 234 valence electrons. The maximum atomic E-state index is 13.7. The molecule has 5 atom stereocenters. The van der Waals surface area contributed by atoms with E-state index in [0.717, 1.165) is 11.6 Å². The van der Waals surface area contributed by atoms with Gasteiger partial charge in [0.15, 0.2) is 0 Å². The SMILES string of the molecule is CC[C@H](NC(=O)CP(=O)(O)C(Cc1ccccc1)NC(O)c1cccc(F)c1)C(=O)N[C@@H](C/C=C/c1ccccc1)C(N)=O. The molecule has 0 aliphatic heterocycles. The lowest BCUT2D eigenvalue weighted by atomic mass is 10.1. The molecule has 0 fully saturated rings. The lowest BCUT2D eigenvalue weighted by molar-refractivity contribution is -0.130. The first kappa shape index (κ1) is 34.3. The average molecular weight is 625 g/mol. The standard InChI is InChI=1S/C32H38FN4O6P/c1-2-26(32(41)36-27(30(34)39)18-9-15-22-11-5-3-6-12-22)35-28(38)21-44(42,43)29(19-23-13-7-4-8-14-23)37-31(40)24-16-10-17-25(33)20-24/h3-17,20,26-27,29,31,37,40H,2,18-19,21H2,1H3,(H2,34,39)(H,35,38)(H,36,41)(H,42,43)/b15-9+/t26-,27-,29?,31?/m0/s1. The summed E-state index contributed by atoms with van der Waals surface area (Å²) < 4.78 is 27.3. The van der Waals surface area contributed by atoms with E-state index < -0.39 is 61.2 Å². The predicted octanol–water partition coefficient (Wildman–Crippen LogP) is 3.21. The van der Waals surface area contributed by atoms with Gasteiger partial charge in [-0.1, -0.05) is 91.9 Å². The maximum absolute atomic E-state index is 13.7. The van der Waals surface area contributed by atoms with Gasteiger partial charge in [0.05, 0.1) is 5.78 Å². The van der Waals surface area contributed by atoms with Crippen molar-refractivity contribution in [2.75, 3.05) is 6.16 Å². The summed E-state index contributed by atoms with van der Waals surface area (Å²) in [5.41, 5.74) is 7.18. The van der Waals surface area contributed by atoms with Gasteiger partial charge >= 0.3 is 0 Å². The Morgan fingerprint density at radius 2 is 1.61 bits per heavy atom. The largest absolute Gasteiger partial charge is 0.374 e. The van der Waals surface area contributed by atoms with Gasteiger partial charge in [0.1, 0.15) is 30.3 Å². The quantitative estimate of drug-likeness (QED) is 0.105. The van der Waals surface area contributed by atoms with E-state index in [1.165, 1.54) is 18.2 Å². The molecule has 0 saturated carbocycles. The third kappa shape index (κ3) is 10.8. The van der Waals surface area contributed by atoms with Crippen molar-refractivity contribution in [3.05, 3.63) is 114 Å². The lowest BCUT2D eigenvalue weighted by Crippen LogP contribution is -2.53. The molecule has 0 saturated heterocycles. The van der Waals surface area contributed by atoms with Gasteiger partial charge in [0.2, 0.25) is 25.1 Å². The van der Waals surface area contributed by atoms with Crippen LogP contribution in [0.5, 0.6) is 0 Å². The summed E-state index contributed by atoms with van der Waals surface area (Å²) in [7, 11) is -4.39. The van der Waals surface area contributed by atoms with Crippen molar-refractivity contribution in [3.8, 4) is 0 Å². The van der Waals surface area contributed by atoms with Crippen molar-refractivity contribution in [2.45, 2.75) is 50.3 Å². The van der Waals surface area contributed by atoms with Gasteiger partial charge in [-0.3, -0.25) is 24.3 Å². The summed E-state index contributed by atoms with van der Waals surface area (Å²) in [5, 5.41) is 18.4. The minimum Gasteiger partial charge on any atom is -0.374 e. The van der Waals surface area contributed by atoms with Crippen LogP contribution in [0.2, 0.25) is 0 Å². The van der Waals surface area contributed by atoms with Gasteiger partial charge in [-0.2, -0.15) is 0 Å². The van der Waals surface area contributed by atoms with Crippen LogP contribution in [0.15, 0.2) is 91.0 Å². The second-order valence-corrected chi connectivity index (χ2v) is 12.7. The summed E-state index contributed by atoms with van der Waals surface area (Å²) in [5.74, 6) is -4.20. The fourth-order valence-corrected chi connectivity index (χ4v) is 6.04. The number of hydrogen-bond donors (Lipinski definition) is 6. The highest BCUT2D eigenvalue weighted by molar-refractivity contribution is 7.59. The van der Waals surface area contributed by atoms with Crippen LogP contribution in [0.4, 0.5) is 4.39 Å². The molecule has 44 heavy (non-hydrogen) atoms. The minimum absolute atomic E-state index is 0.0250. The smallest absolute Gasteiger partial charge is 0.243 e. The number of halogens is 1. The third-order valence-corrected chi connectivity index (χ3v) is 8.89. The van der Waals surface area contributed by atoms with Crippen LogP contribution >= 0.6 is 7.37 Å². The van der Waals surface area contributed by atoms with Gasteiger partial charge in [0.25, 0.3) is 0 Å². The second-order valence-electron chi connectivity index (χ2n) is 10.3. The monoisotopic (exact) mass is 624 g/mol. The molecular formula is C32H38FN4O6P. The Bertz CT molecular complexity index is 1470. The molecule has 0 aliphatic carbocycles. The zero-order valence-corrected chi connectivity index (χ0v) is 25.2. The first-order chi connectivity index (χ1) is 21.0. The fraction of sp³-hybridized carbons (Fsp3) is 0.281. The second kappa shape index (κ2) is 16.6. The molecule has 0 aromatic heterocycles. The number of rotatable bonds is 16. The molecule has 12 heteroatoms. The number of carbonyl (C=O) groups excluding carboxylic acids is 3. The van der Waals surface area contributed by atoms with Crippen LogP contribution < -0.4 is 21.7 Å². The van der Waals surface area contributed by atoms with Gasteiger partial charge in [-0.15, -0.1) is 0 Å². The van der Waals surface area contributed by atoms with E-state index in [-0.39, 0.29) is 24.8 Å². The number of benzene rings is 3. The van der Waals surface area contributed by atoms with Crippen LogP contribution in [0.3, 0.4) is 0 Å². The van der Waals surface area contributed by atoms with Crippen LogP contribution in [-0.2, 0) is 25.4 Å². The minimum atomic E-state index is -4.39. The Hall–Kier alpha value is -4.15. The van der Waals surface area contributed by atoms with Crippen LogP contribution in [0.25, 0.3) is 6.08 Å². The van der Waals surface area contributed by atoms with E-state index in [2.05, 4.69) is 16.0 Å². The number of amides is 3. The molecule has 3 unspecified atom stereocenters. The number of aliphatic hydroxyl groups is 1.